The normalized spacial score (nSPS) is 11.6. The Morgan fingerprint density at radius 3 is 2.40 bits per heavy atom. The molecule has 2 N–H and O–H groups in total. The Hall–Kier alpha value is -0.810. The van der Waals surface area contributed by atoms with Gasteiger partial charge in [0.05, 0.1) is 22.7 Å². The minimum Gasteiger partial charge on any atom is -0.504 e. The minimum atomic E-state index is -1.47. The molecule has 0 bridgehead atoms. The molecule has 0 aliphatic heterocycles. The molecule has 0 saturated carbocycles. The number of ether oxygens (including phenoxy) is 1. The van der Waals surface area contributed by atoms with Crippen LogP contribution in [0.4, 0.5) is 4.39 Å². The standard InChI is InChI=1S/C10H12BrFO3/c1-10(2,14)7-6(12)4-5(11)9(15-3)8(7)13/h4,13-14H,1-3H3. The summed E-state index contributed by atoms with van der Waals surface area (Å²) in [5.41, 5.74) is -1.65. The lowest BCUT2D eigenvalue weighted by atomic mass is 9.96. The second-order valence-electron chi connectivity index (χ2n) is 3.66. The van der Waals surface area contributed by atoms with E-state index in [1.807, 2.05) is 0 Å². The molecular formula is C10H12BrFO3. The number of phenols is 1. The highest BCUT2D eigenvalue weighted by Gasteiger charge is 2.28. The first-order valence-corrected chi connectivity index (χ1v) is 5.06. The van der Waals surface area contributed by atoms with Crippen molar-refractivity contribution in [3.05, 3.63) is 21.9 Å². The third-order valence-corrected chi connectivity index (χ3v) is 2.57. The summed E-state index contributed by atoms with van der Waals surface area (Å²) in [4.78, 5) is 0. The van der Waals surface area contributed by atoms with Crippen molar-refractivity contribution in [3.8, 4) is 11.5 Å². The van der Waals surface area contributed by atoms with Crippen LogP contribution in [0.1, 0.15) is 19.4 Å². The van der Waals surface area contributed by atoms with Crippen LogP contribution >= 0.6 is 15.9 Å². The Kier molecular flexibility index (Phi) is 3.25. The maximum atomic E-state index is 13.5. The molecule has 0 fully saturated rings. The predicted molar refractivity (Wildman–Crippen MR) is 57.6 cm³/mol. The zero-order chi connectivity index (χ0) is 11.8. The summed E-state index contributed by atoms with van der Waals surface area (Å²) in [5.74, 6) is -0.974. The van der Waals surface area contributed by atoms with E-state index in [4.69, 9.17) is 4.74 Å². The SMILES string of the molecule is COc1c(Br)cc(F)c(C(C)(C)O)c1O. The summed E-state index contributed by atoms with van der Waals surface area (Å²) in [6.07, 6.45) is 0. The quantitative estimate of drug-likeness (QED) is 0.874. The average molecular weight is 279 g/mol. The van der Waals surface area contributed by atoms with Gasteiger partial charge in [0.1, 0.15) is 5.82 Å². The first kappa shape index (κ1) is 12.3. The van der Waals surface area contributed by atoms with Gasteiger partial charge in [-0.2, -0.15) is 0 Å². The molecule has 84 valence electrons. The zero-order valence-electron chi connectivity index (χ0n) is 8.64. The highest BCUT2D eigenvalue weighted by atomic mass is 79.9. The van der Waals surface area contributed by atoms with E-state index in [1.54, 1.807) is 0 Å². The molecule has 0 aliphatic carbocycles. The molecule has 0 aliphatic rings. The number of rotatable bonds is 2. The van der Waals surface area contributed by atoms with Gasteiger partial charge in [0.2, 0.25) is 0 Å². The number of aliphatic hydroxyl groups is 1. The second kappa shape index (κ2) is 3.98. The van der Waals surface area contributed by atoms with Crippen molar-refractivity contribution in [2.75, 3.05) is 7.11 Å². The van der Waals surface area contributed by atoms with E-state index >= 15 is 0 Å². The Bertz CT molecular complexity index is 385. The summed E-state index contributed by atoms with van der Waals surface area (Å²) in [6, 6.07) is 1.14. The summed E-state index contributed by atoms with van der Waals surface area (Å²) in [7, 11) is 1.35. The first-order valence-electron chi connectivity index (χ1n) is 4.26. The molecule has 0 aromatic heterocycles. The van der Waals surface area contributed by atoms with Gasteiger partial charge in [-0.15, -0.1) is 0 Å². The van der Waals surface area contributed by atoms with Crippen molar-refractivity contribution < 1.29 is 19.3 Å². The van der Waals surface area contributed by atoms with E-state index in [1.165, 1.54) is 21.0 Å². The molecule has 0 unspecified atom stereocenters. The number of halogens is 2. The van der Waals surface area contributed by atoms with Crippen molar-refractivity contribution in [1.82, 2.24) is 0 Å². The number of aromatic hydroxyl groups is 1. The van der Waals surface area contributed by atoms with Crippen molar-refractivity contribution in [2.45, 2.75) is 19.4 Å². The van der Waals surface area contributed by atoms with Crippen LogP contribution in [0.3, 0.4) is 0 Å². The molecule has 0 heterocycles. The van der Waals surface area contributed by atoms with E-state index in [2.05, 4.69) is 15.9 Å². The Balaban J connectivity index is 3.53. The fourth-order valence-electron chi connectivity index (χ4n) is 1.36. The van der Waals surface area contributed by atoms with E-state index < -0.39 is 17.2 Å². The molecule has 1 aromatic carbocycles. The molecule has 5 heteroatoms. The van der Waals surface area contributed by atoms with E-state index in [0.717, 1.165) is 6.07 Å². The average Bonchev–Trinajstić information content (AvgIpc) is 2.00. The summed E-state index contributed by atoms with van der Waals surface area (Å²) in [5, 5.41) is 19.4. The molecule has 0 saturated heterocycles. The lowest BCUT2D eigenvalue weighted by Crippen LogP contribution is -2.18. The van der Waals surface area contributed by atoms with Crippen LogP contribution in [0.25, 0.3) is 0 Å². The third kappa shape index (κ3) is 2.23. The van der Waals surface area contributed by atoms with Crippen molar-refractivity contribution in [1.29, 1.82) is 0 Å². The van der Waals surface area contributed by atoms with Crippen LogP contribution in [-0.4, -0.2) is 17.3 Å². The van der Waals surface area contributed by atoms with Gasteiger partial charge in [-0.1, -0.05) is 0 Å². The van der Waals surface area contributed by atoms with Gasteiger partial charge < -0.3 is 14.9 Å². The lowest BCUT2D eigenvalue weighted by molar-refractivity contribution is 0.0710. The fourth-order valence-corrected chi connectivity index (χ4v) is 1.92. The zero-order valence-corrected chi connectivity index (χ0v) is 10.2. The van der Waals surface area contributed by atoms with Crippen LogP contribution in [0.2, 0.25) is 0 Å². The molecule has 0 amide bonds. The molecule has 15 heavy (non-hydrogen) atoms. The van der Waals surface area contributed by atoms with E-state index in [9.17, 15) is 14.6 Å². The van der Waals surface area contributed by atoms with Crippen LogP contribution in [0, 0.1) is 5.82 Å². The number of benzene rings is 1. The Morgan fingerprint density at radius 2 is 2.00 bits per heavy atom. The number of hydrogen-bond donors (Lipinski definition) is 2. The molecule has 3 nitrogen and oxygen atoms in total. The molecule has 0 radical (unpaired) electrons. The van der Waals surface area contributed by atoms with Crippen LogP contribution < -0.4 is 4.74 Å². The maximum absolute atomic E-state index is 13.5. The van der Waals surface area contributed by atoms with Gasteiger partial charge in [0.15, 0.2) is 11.5 Å². The molecular weight excluding hydrogens is 267 g/mol. The smallest absolute Gasteiger partial charge is 0.175 e. The van der Waals surface area contributed by atoms with Gasteiger partial charge in [-0.25, -0.2) is 4.39 Å². The predicted octanol–water partition coefficient (Wildman–Crippen LogP) is 2.53. The molecule has 1 rings (SSSR count). The topological polar surface area (TPSA) is 49.7 Å². The summed E-state index contributed by atoms with van der Waals surface area (Å²) >= 11 is 3.05. The second-order valence-corrected chi connectivity index (χ2v) is 4.51. The minimum absolute atomic E-state index is 0.105. The lowest BCUT2D eigenvalue weighted by Gasteiger charge is -2.21. The molecule has 0 atom stereocenters. The van der Waals surface area contributed by atoms with Gasteiger partial charge >= 0.3 is 0 Å². The summed E-state index contributed by atoms with van der Waals surface area (Å²) in [6.45, 7) is 2.77. The van der Waals surface area contributed by atoms with Crippen LogP contribution in [0.5, 0.6) is 11.5 Å². The Morgan fingerprint density at radius 1 is 1.47 bits per heavy atom. The van der Waals surface area contributed by atoms with Crippen LogP contribution in [-0.2, 0) is 5.60 Å². The highest BCUT2D eigenvalue weighted by Crippen LogP contribution is 2.42. The number of methoxy groups -OCH3 is 1. The summed E-state index contributed by atoms with van der Waals surface area (Å²) < 4.78 is 18.7. The third-order valence-electron chi connectivity index (χ3n) is 1.98. The number of hydrogen-bond acceptors (Lipinski definition) is 3. The first-order chi connectivity index (χ1) is 6.79. The van der Waals surface area contributed by atoms with Crippen LogP contribution in [0.15, 0.2) is 10.5 Å². The van der Waals surface area contributed by atoms with Gasteiger partial charge in [-0.05, 0) is 35.8 Å². The molecule has 1 aromatic rings. The fraction of sp³-hybridized carbons (Fsp3) is 0.400. The van der Waals surface area contributed by atoms with E-state index in [-0.39, 0.29) is 11.3 Å². The van der Waals surface area contributed by atoms with Gasteiger partial charge in [0, 0.05) is 0 Å². The molecule has 0 spiro atoms. The Labute approximate surface area is 95.6 Å². The number of phenolic OH excluding ortho intramolecular Hbond substituents is 1. The maximum Gasteiger partial charge on any atom is 0.175 e. The van der Waals surface area contributed by atoms with E-state index in [0.29, 0.717) is 4.47 Å². The van der Waals surface area contributed by atoms with Crippen molar-refractivity contribution >= 4 is 15.9 Å². The van der Waals surface area contributed by atoms with Gasteiger partial charge in [-0.3, -0.25) is 0 Å². The van der Waals surface area contributed by atoms with Gasteiger partial charge in [0.25, 0.3) is 0 Å². The van der Waals surface area contributed by atoms with Crippen molar-refractivity contribution in [2.24, 2.45) is 0 Å². The van der Waals surface area contributed by atoms with Crippen molar-refractivity contribution in [3.63, 3.8) is 0 Å². The monoisotopic (exact) mass is 278 g/mol. The largest absolute Gasteiger partial charge is 0.504 e. The highest BCUT2D eigenvalue weighted by molar-refractivity contribution is 9.10.